The van der Waals surface area contributed by atoms with Gasteiger partial charge in [-0.2, -0.15) is 0 Å². The molecule has 0 aliphatic carbocycles. The van der Waals surface area contributed by atoms with E-state index in [9.17, 15) is 0 Å². The van der Waals surface area contributed by atoms with Crippen LogP contribution in [0.25, 0.3) is 22.4 Å². The Morgan fingerprint density at radius 1 is 1.04 bits per heavy atom. The van der Waals surface area contributed by atoms with E-state index in [1.807, 2.05) is 6.92 Å². The number of hydrogen-bond acceptors (Lipinski definition) is 3. The van der Waals surface area contributed by atoms with Gasteiger partial charge in [0.15, 0.2) is 0 Å². The zero-order valence-corrected chi connectivity index (χ0v) is 13.9. The van der Waals surface area contributed by atoms with E-state index in [2.05, 4.69) is 70.8 Å². The highest BCUT2D eigenvalue weighted by Crippen LogP contribution is 2.24. The van der Waals surface area contributed by atoms with Crippen molar-refractivity contribution in [1.29, 1.82) is 0 Å². The van der Waals surface area contributed by atoms with Crippen molar-refractivity contribution in [2.45, 2.75) is 20.3 Å². The lowest BCUT2D eigenvalue weighted by Crippen LogP contribution is -2.08. The Labute approximate surface area is 141 Å². The standard InChI is InChI=1S/C20H20N4/c1-13-3-5-15(6-4-13)20-23-18-8-7-16(12-19(18)24-20)22-17-9-10-21-14(2)11-17/h3-8,11-12,22H,9-10H2,1-2H3,(H,23,24). The number of aromatic nitrogens is 2. The van der Waals surface area contributed by atoms with Gasteiger partial charge in [0.2, 0.25) is 0 Å². The van der Waals surface area contributed by atoms with Gasteiger partial charge in [0, 0.05) is 35.6 Å². The molecule has 0 atom stereocenters. The molecule has 120 valence electrons. The zero-order valence-electron chi connectivity index (χ0n) is 13.9. The highest BCUT2D eigenvalue weighted by molar-refractivity contribution is 5.94. The number of aryl methyl sites for hydroxylation is 1. The van der Waals surface area contributed by atoms with Crippen molar-refractivity contribution in [1.82, 2.24) is 9.97 Å². The van der Waals surface area contributed by atoms with Crippen LogP contribution in [-0.2, 0) is 0 Å². The van der Waals surface area contributed by atoms with Gasteiger partial charge in [0.1, 0.15) is 5.82 Å². The number of allylic oxidation sites excluding steroid dienone is 1. The van der Waals surface area contributed by atoms with Crippen molar-refractivity contribution in [2.24, 2.45) is 4.99 Å². The van der Waals surface area contributed by atoms with Gasteiger partial charge in [-0.05, 0) is 38.1 Å². The first-order valence-electron chi connectivity index (χ1n) is 8.23. The minimum Gasteiger partial charge on any atom is -0.359 e. The van der Waals surface area contributed by atoms with Crippen molar-refractivity contribution < 1.29 is 0 Å². The number of nitrogens with zero attached hydrogens (tertiary/aromatic N) is 2. The number of imidazole rings is 1. The Morgan fingerprint density at radius 2 is 1.88 bits per heavy atom. The molecule has 0 radical (unpaired) electrons. The third-order valence-corrected chi connectivity index (χ3v) is 4.24. The normalized spacial score (nSPS) is 14.4. The molecule has 0 unspecified atom stereocenters. The van der Waals surface area contributed by atoms with Gasteiger partial charge in [-0.25, -0.2) is 4.98 Å². The van der Waals surface area contributed by atoms with E-state index in [1.54, 1.807) is 0 Å². The monoisotopic (exact) mass is 316 g/mol. The summed E-state index contributed by atoms with van der Waals surface area (Å²) in [6.45, 7) is 4.98. The number of benzene rings is 2. The van der Waals surface area contributed by atoms with E-state index in [4.69, 9.17) is 4.98 Å². The van der Waals surface area contributed by atoms with E-state index in [0.29, 0.717) is 0 Å². The van der Waals surface area contributed by atoms with E-state index >= 15 is 0 Å². The number of aromatic amines is 1. The number of nitrogens with one attached hydrogen (secondary N) is 2. The molecule has 0 saturated heterocycles. The number of rotatable bonds is 3. The fourth-order valence-corrected chi connectivity index (χ4v) is 2.94. The maximum absolute atomic E-state index is 4.74. The van der Waals surface area contributed by atoms with Gasteiger partial charge in [-0.15, -0.1) is 0 Å². The maximum Gasteiger partial charge on any atom is 0.138 e. The zero-order chi connectivity index (χ0) is 16.5. The second-order valence-electron chi connectivity index (χ2n) is 6.25. The van der Waals surface area contributed by atoms with Crippen molar-refractivity contribution >= 4 is 22.4 Å². The molecule has 0 amide bonds. The molecular weight excluding hydrogens is 296 g/mol. The molecule has 2 N–H and O–H groups in total. The number of H-pyrrole nitrogens is 1. The molecule has 24 heavy (non-hydrogen) atoms. The van der Waals surface area contributed by atoms with Gasteiger partial charge >= 0.3 is 0 Å². The second kappa shape index (κ2) is 5.96. The molecule has 3 aromatic rings. The molecule has 0 saturated carbocycles. The Kier molecular flexibility index (Phi) is 3.65. The van der Waals surface area contributed by atoms with Gasteiger partial charge < -0.3 is 10.3 Å². The molecule has 4 rings (SSSR count). The molecule has 1 aliphatic rings. The molecule has 4 nitrogen and oxygen atoms in total. The lowest BCUT2D eigenvalue weighted by molar-refractivity contribution is 0.938. The third-order valence-electron chi connectivity index (χ3n) is 4.24. The van der Waals surface area contributed by atoms with E-state index in [-0.39, 0.29) is 0 Å². The van der Waals surface area contributed by atoms with Gasteiger partial charge in [0.05, 0.1) is 11.0 Å². The molecule has 2 aromatic carbocycles. The van der Waals surface area contributed by atoms with Gasteiger partial charge in [-0.3, -0.25) is 4.99 Å². The minimum absolute atomic E-state index is 0.854. The fraction of sp³-hybridized carbons (Fsp3) is 0.200. The Morgan fingerprint density at radius 3 is 2.67 bits per heavy atom. The van der Waals surface area contributed by atoms with Crippen LogP contribution in [0.3, 0.4) is 0 Å². The topological polar surface area (TPSA) is 53.1 Å². The largest absolute Gasteiger partial charge is 0.359 e. The van der Waals surface area contributed by atoms with Crippen LogP contribution in [0.5, 0.6) is 0 Å². The van der Waals surface area contributed by atoms with Crippen molar-refractivity contribution in [3.8, 4) is 11.4 Å². The van der Waals surface area contributed by atoms with E-state index < -0.39 is 0 Å². The second-order valence-corrected chi connectivity index (χ2v) is 6.25. The summed E-state index contributed by atoms with van der Waals surface area (Å²) in [5.74, 6) is 0.905. The predicted molar refractivity (Wildman–Crippen MR) is 101 cm³/mol. The van der Waals surface area contributed by atoms with Crippen LogP contribution >= 0.6 is 0 Å². The van der Waals surface area contributed by atoms with Crippen molar-refractivity contribution in [3.63, 3.8) is 0 Å². The van der Waals surface area contributed by atoms with Crippen LogP contribution in [0.15, 0.2) is 59.2 Å². The Balaban J connectivity index is 1.64. The van der Waals surface area contributed by atoms with Crippen molar-refractivity contribution in [2.75, 3.05) is 11.9 Å². The Hall–Kier alpha value is -2.88. The average molecular weight is 316 g/mol. The van der Waals surface area contributed by atoms with Crippen LogP contribution in [-0.4, -0.2) is 22.2 Å². The summed E-state index contributed by atoms with van der Waals surface area (Å²) >= 11 is 0. The summed E-state index contributed by atoms with van der Waals surface area (Å²) in [7, 11) is 0. The van der Waals surface area contributed by atoms with E-state index in [0.717, 1.165) is 46.8 Å². The Bertz CT molecular complexity index is 945. The molecule has 2 heterocycles. The first-order valence-corrected chi connectivity index (χ1v) is 8.23. The molecule has 4 heteroatoms. The maximum atomic E-state index is 4.74. The summed E-state index contributed by atoms with van der Waals surface area (Å²) in [6.07, 6.45) is 3.06. The molecule has 0 fully saturated rings. The number of fused-ring (bicyclic) bond motifs is 1. The average Bonchev–Trinajstić information content (AvgIpc) is 2.99. The molecular formula is C20H20N4. The SMILES string of the molecule is CC1=NCCC(Nc2ccc3[nH]c(-c4ccc(C)cc4)nc3c2)=C1. The van der Waals surface area contributed by atoms with Gasteiger partial charge in [0.25, 0.3) is 0 Å². The summed E-state index contributed by atoms with van der Waals surface area (Å²) < 4.78 is 0. The smallest absolute Gasteiger partial charge is 0.138 e. The van der Waals surface area contributed by atoms with Crippen LogP contribution in [0.1, 0.15) is 18.9 Å². The summed E-state index contributed by atoms with van der Waals surface area (Å²) in [5, 5.41) is 3.49. The van der Waals surface area contributed by atoms with Crippen LogP contribution in [0.4, 0.5) is 5.69 Å². The lowest BCUT2D eigenvalue weighted by Gasteiger charge is -2.13. The van der Waals surface area contributed by atoms with Crippen LogP contribution < -0.4 is 5.32 Å². The first kappa shape index (κ1) is 14.7. The number of anilines is 1. The predicted octanol–water partition coefficient (Wildman–Crippen LogP) is 4.70. The summed E-state index contributed by atoms with van der Waals surface area (Å²) in [4.78, 5) is 12.5. The molecule has 1 aromatic heterocycles. The molecule has 1 aliphatic heterocycles. The molecule has 0 bridgehead atoms. The van der Waals surface area contributed by atoms with Crippen molar-refractivity contribution in [3.05, 3.63) is 59.8 Å². The number of hydrogen-bond donors (Lipinski definition) is 2. The fourth-order valence-electron chi connectivity index (χ4n) is 2.94. The summed E-state index contributed by atoms with van der Waals surface area (Å²) in [6, 6.07) is 14.7. The highest BCUT2D eigenvalue weighted by atomic mass is 14.9. The van der Waals surface area contributed by atoms with E-state index in [1.165, 1.54) is 11.3 Å². The minimum atomic E-state index is 0.854. The highest BCUT2D eigenvalue weighted by Gasteiger charge is 2.08. The lowest BCUT2D eigenvalue weighted by atomic mass is 10.1. The molecule has 0 spiro atoms. The third kappa shape index (κ3) is 2.95. The van der Waals surface area contributed by atoms with Crippen LogP contribution in [0.2, 0.25) is 0 Å². The summed E-state index contributed by atoms with van der Waals surface area (Å²) in [5.41, 5.74) is 7.71. The first-order chi connectivity index (χ1) is 11.7. The number of dihydropyridines is 1. The number of aliphatic imine (C=N–C) groups is 1. The quantitative estimate of drug-likeness (QED) is 0.736. The van der Waals surface area contributed by atoms with Gasteiger partial charge in [-0.1, -0.05) is 29.8 Å². The van der Waals surface area contributed by atoms with Crippen LogP contribution in [0, 0.1) is 6.92 Å².